The highest BCUT2D eigenvalue weighted by Gasteiger charge is 2.17. The Bertz CT molecular complexity index is 1060. The second-order valence-electron chi connectivity index (χ2n) is 5.73. The molecule has 0 fully saturated rings. The number of rotatable bonds is 7. The lowest BCUT2D eigenvalue weighted by molar-refractivity contribution is -0.113. The Hall–Kier alpha value is -3.04. The van der Waals surface area contributed by atoms with Crippen molar-refractivity contribution in [3.63, 3.8) is 0 Å². The Morgan fingerprint density at radius 3 is 2.79 bits per heavy atom. The normalized spacial score (nSPS) is 10.8. The van der Waals surface area contributed by atoms with E-state index in [1.54, 1.807) is 24.5 Å². The van der Waals surface area contributed by atoms with Crippen molar-refractivity contribution in [2.75, 3.05) is 18.2 Å². The van der Waals surface area contributed by atoms with Gasteiger partial charge >= 0.3 is 0 Å². The fourth-order valence-corrected chi connectivity index (χ4v) is 4.04. The number of anilines is 1. The lowest BCUT2D eigenvalue weighted by Crippen LogP contribution is -2.15. The van der Waals surface area contributed by atoms with Crippen molar-refractivity contribution in [3.8, 4) is 16.5 Å². The first kappa shape index (κ1) is 18.3. The van der Waals surface area contributed by atoms with E-state index in [-0.39, 0.29) is 11.7 Å². The van der Waals surface area contributed by atoms with Crippen molar-refractivity contribution in [1.29, 1.82) is 0 Å². The van der Waals surface area contributed by atoms with Gasteiger partial charge in [0.05, 0.1) is 17.7 Å². The SMILES string of the molecule is COc1cccc(NC(=O)CSc2nnc(-c3cccs3)n2-n2cccc2)c1. The highest BCUT2D eigenvalue weighted by molar-refractivity contribution is 7.99. The van der Waals surface area contributed by atoms with Gasteiger partial charge in [-0.05, 0) is 35.7 Å². The average molecular weight is 412 g/mol. The lowest BCUT2D eigenvalue weighted by atomic mass is 10.3. The summed E-state index contributed by atoms with van der Waals surface area (Å²) in [7, 11) is 1.59. The van der Waals surface area contributed by atoms with Crippen molar-refractivity contribution < 1.29 is 9.53 Å². The second-order valence-corrected chi connectivity index (χ2v) is 7.62. The zero-order valence-corrected chi connectivity index (χ0v) is 16.6. The molecule has 0 saturated heterocycles. The molecular weight excluding hydrogens is 394 g/mol. The van der Waals surface area contributed by atoms with E-state index in [4.69, 9.17) is 4.74 Å². The van der Waals surface area contributed by atoms with Gasteiger partial charge in [-0.3, -0.25) is 9.47 Å². The maximum atomic E-state index is 12.4. The van der Waals surface area contributed by atoms with Crippen LogP contribution < -0.4 is 10.1 Å². The number of methoxy groups -OCH3 is 1. The quantitative estimate of drug-likeness (QED) is 0.468. The van der Waals surface area contributed by atoms with Crippen LogP contribution in [0.15, 0.2) is 71.5 Å². The fourth-order valence-electron chi connectivity index (χ4n) is 2.61. The summed E-state index contributed by atoms with van der Waals surface area (Å²) in [6.07, 6.45) is 3.84. The number of nitrogens with one attached hydrogen (secondary N) is 1. The van der Waals surface area contributed by atoms with Crippen LogP contribution in [0.3, 0.4) is 0 Å². The number of hydrogen-bond acceptors (Lipinski definition) is 6. The van der Waals surface area contributed by atoms with E-state index in [0.29, 0.717) is 16.6 Å². The molecule has 0 aliphatic heterocycles. The molecular formula is C19H17N5O2S2. The first-order valence-corrected chi connectivity index (χ1v) is 10.3. The van der Waals surface area contributed by atoms with E-state index in [1.165, 1.54) is 11.8 Å². The van der Waals surface area contributed by atoms with Crippen LogP contribution in [-0.4, -0.2) is 38.3 Å². The second kappa shape index (κ2) is 8.32. The molecule has 142 valence electrons. The fraction of sp³-hybridized carbons (Fsp3) is 0.105. The van der Waals surface area contributed by atoms with Gasteiger partial charge in [0.1, 0.15) is 5.75 Å². The summed E-state index contributed by atoms with van der Waals surface area (Å²) in [4.78, 5) is 13.4. The number of aromatic nitrogens is 4. The number of ether oxygens (including phenoxy) is 1. The number of benzene rings is 1. The minimum absolute atomic E-state index is 0.127. The van der Waals surface area contributed by atoms with Crippen molar-refractivity contribution >= 4 is 34.7 Å². The summed E-state index contributed by atoms with van der Waals surface area (Å²) in [5.41, 5.74) is 0.691. The molecule has 0 aliphatic carbocycles. The summed E-state index contributed by atoms with van der Waals surface area (Å²) in [6.45, 7) is 0. The van der Waals surface area contributed by atoms with E-state index in [9.17, 15) is 4.79 Å². The molecule has 0 radical (unpaired) electrons. The molecule has 28 heavy (non-hydrogen) atoms. The van der Waals surface area contributed by atoms with Gasteiger partial charge in [-0.2, -0.15) is 0 Å². The van der Waals surface area contributed by atoms with Crippen LogP contribution in [0, 0.1) is 0 Å². The zero-order chi connectivity index (χ0) is 19.3. The third kappa shape index (κ3) is 3.95. The van der Waals surface area contributed by atoms with Crippen LogP contribution in [0.2, 0.25) is 0 Å². The molecule has 4 aromatic rings. The Morgan fingerprint density at radius 2 is 2.04 bits per heavy atom. The molecule has 0 atom stereocenters. The van der Waals surface area contributed by atoms with E-state index >= 15 is 0 Å². The molecule has 4 rings (SSSR count). The van der Waals surface area contributed by atoms with Crippen LogP contribution >= 0.6 is 23.1 Å². The van der Waals surface area contributed by atoms with E-state index < -0.39 is 0 Å². The maximum Gasteiger partial charge on any atom is 0.234 e. The largest absolute Gasteiger partial charge is 0.497 e. The number of thiophene rings is 1. The van der Waals surface area contributed by atoms with E-state index in [2.05, 4.69) is 15.5 Å². The summed E-state index contributed by atoms with van der Waals surface area (Å²) < 4.78 is 8.98. The molecule has 1 aromatic carbocycles. The van der Waals surface area contributed by atoms with Crippen LogP contribution in [0.5, 0.6) is 5.75 Å². The van der Waals surface area contributed by atoms with Gasteiger partial charge in [0.25, 0.3) is 0 Å². The third-order valence-electron chi connectivity index (χ3n) is 3.86. The summed E-state index contributed by atoms with van der Waals surface area (Å²) in [5.74, 6) is 1.51. The predicted molar refractivity (Wildman–Crippen MR) is 111 cm³/mol. The standard InChI is InChI=1S/C19H17N5O2S2/c1-26-15-7-4-6-14(12-15)20-17(25)13-28-19-22-21-18(16-8-5-11-27-16)24(19)23-9-2-3-10-23/h2-12H,13H2,1H3,(H,20,25). The maximum absolute atomic E-state index is 12.4. The molecule has 1 N–H and O–H groups in total. The van der Waals surface area contributed by atoms with Crippen molar-refractivity contribution in [2.24, 2.45) is 0 Å². The summed E-state index contributed by atoms with van der Waals surface area (Å²) in [6, 6.07) is 15.1. The first-order valence-electron chi connectivity index (χ1n) is 8.44. The molecule has 0 bridgehead atoms. The average Bonchev–Trinajstić information content (AvgIpc) is 3.47. The van der Waals surface area contributed by atoms with Gasteiger partial charge in [-0.25, -0.2) is 4.68 Å². The molecule has 1 amide bonds. The molecule has 0 saturated carbocycles. The van der Waals surface area contributed by atoms with Gasteiger partial charge in [0.15, 0.2) is 5.82 Å². The first-order chi connectivity index (χ1) is 13.7. The van der Waals surface area contributed by atoms with Gasteiger partial charge in [0, 0.05) is 24.1 Å². The zero-order valence-electron chi connectivity index (χ0n) is 15.0. The van der Waals surface area contributed by atoms with Gasteiger partial charge in [-0.15, -0.1) is 21.5 Å². The Kier molecular flexibility index (Phi) is 5.45. The molecule has 0 unspecified atom stereocenters. The molecule has 0 spiro atoms. The van der Waals surface area contributed by atoms with Gasteiger partial charge in [0.2, 0.25) is 11.1 Å². The van der Waals surface area contributed by atoms with Crippen molar-refractivity contribution in [2.45, 2.75) is 5.16 Å². The van der Waals surface area contributed by atoms with E-state index in [0.717, 1.165) is 10.7 Å². The number of carbonyl (C=O) groups is 1. The number of hydrogen-bond donors (Lipinski definition) is 1. The summed E-state index contributed by atoms with van der Waals surface area (Å²) in [5, 5.41) is 14.1. The molecule has 0 aliphatic rings. The molecule has 3 aromatic heterocycles. The van der Waals surface area contributed by atoms with Gasteiger partial charge in [-0.1, -0.05) is 23.9 Å². The highest BCUT2D eigenvalue weighted by atomic mass is 32.2. The third-order valence-corrected chi connectivity index (χ3v) is 5.64. The number of amides is 1. The molecule has 9 heteroatoms. The minimum Gasteiger partial charge on any atom is -0.497 e. The molecule has 7 nitrogen and oxygen atoms in total. The monoisotopic (exact) mass is 411 g/mol. The molecule has 3 heterocycles. The topological polar surface area (TPSA) is 74.0 Å². The van der Waals surface area contributed by atoms with E-state index in [1.807, 2.05) is 69.6 Å². The number of carbonyl (C=O) groups excluding carboxylic acids is 1. The number of thioether (sulfide) groups is 1. The van der Waals surface area contributed by atoms with Crippen LogP contribution in [0.4, 0.5) is 5.69 Å². The van der Waals surface area contributed by atoms with Crippen LogP contribution in [0.1, 0.15) is 0 Å². The highest BCUT2D eigenvalue weighted by Crippen LogP contribution is 2.27. The Morgan fingerprint density at radius 1 is 1.18 bits per heavy atom. The lowest BCUT2D eigenvalue weighted by Gasteiger charge is -2.10. The number of nitrogens with zero attached hydrogens (tertiary/aromatic N) is 4. The van der Waals surface area contributed by atoms with Crippen molar-refractivity contribution in [3.05, 3.63) is 66.3 Å². The van der Waals surface area contributed by atoms with Crippen LogP contribution in [0.25, 0.3) is 10.7 Å². The van der Waals surface area contributed by atoms with Crippen molar-refractivity contribution in [1.82, 2.24) is 19.5 Å². The minimum atomic E-state index is -0.127. The smallest absolute Gasteiger partial charge is 0.234 e. The Labute approximate surface area is 170 Å². The summed E-state index contributed by atoms with van der Waals surface area (Å²) >= 11 is 2.92. The van der Waals surface area contributed by atoms with Gasteiger partial charge < -0.3 is 10.1 Å². The predicted octanol–water partition coefficient (Wildman–Crippen LogP) is 3.86. The Balaban J connectivity index is 1.51. The van der Waals surface area contributed by atoms with Crippen LogP contribution in [-0.2, 0) is 4.79 Å².